The maximum atomic E-state index is 13.1. The van der Waals surface area contributed by atoms with Crippen molar-refractivity contribution in [3.05, 3.63) is 0 Å². The highest BCUT2D eigenvalue weighted by Crippen LogP contribution is 2.45. The van der Waals surface area contributed by atoms with E-state index >= 15 is 0 Å². The minimum absolute atomic E-state index is 0.106. The van der Waals surface area contributed by atoms with Crippen molar-refractivity contribution in [2.45, 2.75) is 401 Å². The van der Waals surface area contributed by atoms with Crippen molar-refractivity contribution in [1.29, 1.82) is 0 Å². The number of rotatable bonds is 73. The number of phosphoric ester groups is 2. The second-order valence-electron chi connectivity index (χ2n) is 28.0. The summed E-state index contributed by atoms with van der Waals surface area (Å²) >= 11 is 0. The molecule has 558 valence electrons. The largest absolute Gasteiger partial charge is 0.472 e. The Kier molecular flexibility index (Phi) is 64.3. The fourth-order valence-electron chi connectivity index (χ4n) is 11.4. The Morgan fingerprint density at radius 2 is 0.543 bits per heavy atom. The summed E-state index contributed by atoms with van der Waals surface area (Å²) in [6.45, 7) is 11.9. The molecule has 0 aliphatic rings. The predicted octanol–water partition coefficient (Wildman–Crippen LogP) is 21.8. The molecule has 0 spiro atoms. The molecule has 0 aromatic heterocycles. The van der Waals surface area contributed by atoms with Gasteiger partial charge in [0.05, 0.1) is 26.4 Å². The van der Waals surface area contributed by atoms with Gasteiger partial charge in [0, 0.05) is 25.7 Å². The number of ether oxygens (including phenoxy) is 4. The van der Waals surface area contributed by atoms with E-state index in [1.165, 1.54) is 186 Å². The molecule has 17 nitrogen and oxygen atoms in total. The predicted molar refractivity (Wildman–Crippen MR) is 381 cm³/mol. The fraction of sp³-hybridized carbons (Fsp3) is 0.947. The molecule has 0 saturated heterocycles. The lowest BCUT2D eigenvalue weighted by atomic mass is 9.99. The SMILES string of the molecule is CCCCCCCCCCCCCC(=O)O[C@H](COC(=O)CCCCCCCCC(C)CC)COP(=O)(O)OC[C@H](O)COP(=O)(O)OC[C@@H](COC(=O)CCCCCCCCCCCCC(C)CC)OC(=O)CCCCCCCCCCCCCCCCCCC(C)C. The molecule has 3 N–H and O–H groups in total. The number of aliphatic hydroxyl groups is 1. The van der Waals surface area contributed by atoms with Crippen molar-refractivity contribution >= 4 is 39.5 Å². The van der Waals surface area contributed by atoms with Crippen molar-refractivity contribution in [3.63, 3.8) is 0 Å². The molecule has 7 atom stereocenters. The van der Waals surface area contributed by atoms with E-state index in [2.05, 4.69) is 48.5 Å². The van der Waals surface area contributed by atoms with Gasteiger partial charge in [-0.3, -0.25) is 37.3 Å². The van der Waals surface area contributed by atoms with Crippen LogP contribution in [0.2, 0.25) is 0 Å². The van der Waals surface area contributed by atoms with Crippen LogP contribution in [-0.2, 0) is 65.4 Å². The Morgan fingerprint density at radius 1 is 0.309 bits per heavy atom. The van der Waals surface area contributed by atoms with Crippen LogP contribution in [0, 0.1) is 17.8 Å². The minimum Gasteiger partial charge on any atom is -0.462 e. The molecule has 19 heteroatoms. The molecule has 0 heterocycles. The lowest BCUT2D eigenvalue weighted by Gasteiger charge is -2.21. The summed E-state index contributed by atoms with van der Waals surface area (Å²) in [5, 5.41) is 10.6. The summed E-state index contributed by atoms with van der Waals surface area (Å²) in [4.78, 5) is 72.7. The first kappa shape index (κ1) is 92.1. The molecular formula is C75H146O17P2. The third kappa shape index (κ3) is 66.0. The maximum Gasteiger partial charge on any atom is 0.472 e. The number of carbonyl (C=O) groups excluding carboxylic acids is 4. The number of hydrogen-bond donors (Lipinski definition) is 3. The van der Waals surface area contributed by atoms with Gasteiger partial charge in [0.15, 0.2) is 12.2 Å². The number of carbonyl (C=O) groups is 4. The van der Waals surface area contributed by atoms with Crippen molar-refractivity contribution < 1.29 is 80.2 Å². The van der Waals surface area contributed by atoms with Crippen molar-refractivity contribution in [3.8, 4) is 0 Å². The van der Waals surface area contributed by atoms with Crippen LogP contribution in [-0.4, -0.2) is 96.7 Å². The number of unbranched alkanes of at least 4 members (excludes halogenated alkanes) is 39. The molecule has 0 rings (SSSR count). The lowest BCUT2D eigenvalue weighted by Crippen LogP contribution is -2.30. The Hall–Kier alpha value is -1.94. The van der Waals surface area contributed by atoms with Crippen molar-refractivity contribution in [2.24, 2.45) is 17.8 Å². The van der Waals surface area contributed by atoms with E-state index in [1.54, 1.807) is 0 Å². The molecule has 4 unspecified atom stereocenters. The average molecular weight is 1380 g/mol. The van der Waals surface area contributed by atoms with Crippen LogP contribution >= 0.6 is 15.6 Å². The van der Waals surface area contributed by atoms with Crippen molar-refractivity contribution in [2.75, 3.05) is 39.6 Å². The van der Waals surface area contributed by atoms with Gasteiger partial charge < -0.3 is 33.8 Å². The topological polar surface area (TPSA) is 237 Å². The molecule has 0 amide bonds. The van der Waals surface area contributed by atoms with E-state index in [1.807, 2.05) is 0 Å². The summed E-state index contributed by atoms with van der Waals surface area (Å²) in [5.74, 6) is 0.230. The van der Waals surface area contributed by atoms with Crippen LogP contribution in [0.3, 0.4) is 0 Å². The number of phosphoric acid groups is 2. The van der Waals surface area contributed by atoms with Crippen LogP contribution in [0.1, 0.15) is 382 Å². The van der Waals surface area contributed by atoms with Gasteiger partial charge in [0.2, 0.25) is 0 Å². The van der Waals surface area contributed by atoms with Gasteiger partial charge in [-0.2, -0.15) is 0 Å². The zero-order valence-electron chi connectivity index (χ0n) is 61.4. The summed E-state index contributed by atoms with van der Waals surface area (Å²) in [6, 6.07) is 0. The number of aliphatic hydroxyl groups excluding tert-OH is 1. The third-order valence-electron chi connectivity index (χ3n) is 18.1. The first-order chi connectivity index (χ1) is 45.3. The molecule has 0 radical (unpaired) electrons. The normalized spacial score (nSPS) is 14.7. The molecule has 0 aliphatic heterocycles. The van der Waals surface area contributed by atoms with Gasteiger partial charge in [0.25, 0.3) is 0 Å². The van der Waals surface area contributed by atoms with E-state index in [4.69, 9.17) is 37.0 Å². The Balaban J connectivity index is 5.23. The highest BCUT2D eigenvalue weighted by atomic mass is 31.2. The van der Waals surface area contributed by atoms with Crippen LogP contribution in [0.5, 0.6) is 0 Å². The molecule has 94 heavy (non-hydrogen) atoms. The quantitative estimate of drug-likeness (QED) is 0.0222. The molecule has 0 aromatic rings. The first-order valence-electron chi connectivity index (χ1n) is 38.9. The van der Waals surface area contributed by atoms with Crippen LogP contribution in [0.15, 0.2) is 0 Å². The van der Waals surface area contributed by atoms with E-state index in [0.29, 0.717) is 25.7 Å². The van der Waals surface area contributed by atoms with Gasteiger partial charge in [-0.25, -0.2) is 9.13 Å². The fourth-order valence-corrected chi connectivity index (χ4v) is 12.9. The molecule has 0 aliphatic carbocycles. The van der Waals surface area contributed by atoms with Crippen LogP contribution in [0.4, 0.5) is 0 Å². The van der Waals surface area contributed by atoms with Crippen molar-refractivity contribution in [1.82, 2.24) is 0 Å². The van der Waals surface area contributed by atoms with Gasteiger partial charge in [-0.1, -0.05) is 331 Å². The van der Waals surface area contributed by atoms with Crippen LogP contribution < -0.4 is 0 Å². The van der Waals surface area contributed by atoms with E-state index in [9.17, 15) is 43.2 Å². The molecule has 0 bridgehead atoms. The maximum absolute atomic E-state index is 13.1. The average Bonchev–Trinajstić information content (AvgIpc) is 2.86. The summed E-state index contributed by atoms with van der Waals surface area (Å²) in [7, 11) is -9.91. The molecular weight excluding hydrogens is 1230 g/mol. The number of esters is 4. The van der Waals surface area contributed by atoms with Crippen LogP contribution in [0.25, 0.3) is 0 Å². The van der Waals surface area contributed by atoms with E-state index in [0.717, 1.165) is 114 Å². The molecule has 0 aromatic carbocycles. The highest BCUT2D eigenvalue weighted by molar-refractivity contribution is 7.47. The zero-order chi connectivity index (χ0) is 69.4. The van der Waals surface area contributed by atoms with Gasteiger partial charge in [0.1, 0.15) is 19.3 Å². The molecule has 0 fully saturated rings. The standard InChI is InChI=1S/C75H146O17P2/c1-8-11-12-13-14-15-22-30-35-44-51-58-74(79)92-71(63-86-73(78)57-50-43-38-37-41-48-55-68(7)10-3)65-90-94(83,84)88-61-69(76)60-87-93(81,82)89-64-70(62-85-72(77)56-49-42-34-29-26-25-28-33-40-47-54-67(6)9-2)91-75(80)59-52-45-36-31-24-21-19-17-16-18-20-23-27-32-39-46-53-66(4)5/h66-71,76H,8-65H2,1-7H3,(H,81,82)(H,83,84)/t67?,68?,69-,70-,71-/m1/s1. The monoisotopic (exact) mass is 1380 g/mol. The summed E-state index contributed by atoms with van der Waals surface area (Å²) < 4.78 is 68.5. The smallest absolute Gasteiger partial charge is 0.462 e. The second kappa shape index (κ2) is 65.7. The van der Waals surface area contributed by atoms with E-state index < -0.39 is 97.5 Å². The van der Waals surface area contributed by atoms with Gasteiger partial charge in [-0.05, 0) is 43.4 Å². The molecule has 0 saturated carbocycles. The Labute approximate surface area is 575 Å². The third-order valence-corrected chi connectivity index (χ3v) is 20.0. The Morgan fingerprint density at radius 3 is 0.809 bits per heavy atom. The second-order valence-corrected chi connectivity index (χ2v) is 30.9. The van der Waals surface area contributed by atoms with Gasteiger partial charge >= 0.3 is 39.5 Å². The number of hydrogen-bond acceptors (Lipinski definition) is 15. The Bertz CT molecular complexity index is 1840. The summed E-state index contributed by atoms with van der Waals surface area (Å²) in [5.41, 5.74) is 0. The first-order valence-corrected chi connectivity index (χ1v) is 41.9. The summed E-state index contributed by atoms with van der Waals surface area (Å²) in [6.07, 6.45) is 51.3. The zero-order valence-corrected chi connectivity index (χ0v) is 63.2. The minimum atomic E-state index is -4.96. The highest BCUT2D eigenvalue weighted by Gasteiger charge is 2.30. The van der Waals surface area contributed by atoms with Gasteiger partial charge in [-0.15, -0.1) is 0 Å². The van der Waals surface area contributed by atoms with E-state index in [-0.39, 0.29) is 25.7 Å². The lowest BCUT2D eigenvalue weighted by molar-refractivity contribution is -0.161.